The van der Waals surface area contributed by atoms with Crippen molar-refractivity contribution in [1.82, 2.24) is 29.5 Å². The molecule has 0 aliphatic carbocycles. The second kappa shape index (κ2) is 9.09. The Kier molecular flexibility index (Phi) is 5.75. The van der Waals surface area contributed by atoms with Gasteiger partial charge in [0, 0.05) is 35.6 Å². The van der Waals surface area contributed by atoms with Crippen molar-refractivity contribution in [1.29, 1.82) is 0 Å². The van der Waals surface area contributed by atoms with E-state index in [1.807, 2.05) is 43.3 Å². The number of halogens is 1. The number of fused-ring (bicyclic) bond motifs is 3. The summed E-state index contributed by atoms with van der Waals surface area (Å²) in [4.78, 5) is 22.3. The molecule has 0 bridgehead atoms. The molecule has 36 heavy (non-hydrogen) atoms. The van der Waals surface area contributed by atoms with Crippen molar-refractivity contribution in [2.45, 2.75) is 32.0 Å². The lowest BCUT2D eigenvalue weighted by Gasteiger charge is -2.26. The summed E-state index contributed by atoms with van der Waals surface area (Å²) in [5.41, 5.74) is 4.57. The van der Waals surface area contributed by atoms with Crippen LogP contribution in [0.3, 0.4) is 0 Å². The molecule has 5 heterocycles. The number of benzene rings is 1. The van der Waals surface area contributed by atoms with Gasteiger partial charge in [-0.2, -0.15) is 10.2 Å². The van der Waals surface area contributed by atoms with Gasteiger partial charge >= 0.3 is 0 Å². The van der Waals surface area contributed by atoms with Crippen molar-refractivity contribution in [2.24, 2.45) is 0 Å². The third-order valence-corrected chi connectivity index (χ3v) is 6.84. The van der Waals surface area contributed by atoms with Crippen LogP contribution in [0.1, 0.15) is 23.7 Å². The monoisotopic (exact) mass is 502 g/mol. The van der Waals surface area contributed by atoms with Gasteiger partial charge < -0.3 is 9.84 Å². The first-order valence-electron chi connectivity index (χ1n) is 11.7. The molecule has 2 atom stereocenters. The number of aliphatic hydroxyl groups is 1. The smallest absolute Gasteiger partial charge is 0.297 e. The van der Waals surface area contributed by atoms with Crippen LogP contribution in [0.15, 0.2) is 59.7 Å². The molecule has 6 rings (SSSR count). The highest BCUT2D eigenvalue weighted by atomic mass is 35.5. The molecule has 1 fully saturated rings. The summed E-state index contributed by atoms with van der Waals surface area (Å²) in [5.74, 6) is 0. The Balaban J connectivity index is 1.43. The number of ether oxygens (including phenoxy) is 1. The molecule has 3 aromatic rings. The molecule has 10 heteroatoms. The fourth-order valence-electron chi connectivity index (χ4n) is 4.59. The summed E-state index contributed by atoms with van der Waals surface area (Å²) in [6, 6.07) is 12.8. The SMILES string of the molecule is Cc1ccc(-c2ccc(Cn3nc4c(=O)n([C@H]5COCC[C@@H]5O)nc-4c4cccc(Cl)c43)cn2)cn1. The Bertz CT molecular complexity index is 1580. The Labute approximate surface area is 211 Å². The van der Waals surface area contributed by atoms with E-state index in [9.17, 15) is 9.90 Å². The number of hydrogen-bond acceptors (Lipinski definition) is 7. The van der Waals surface area contributed by atoms with Crippen molar-refractivity contribution in [2.75, 3.05) is 13.2 Å². The zero-order chi connectivity index (χ0) is 24.8. The van der Waals surface area contributed by atoms with E-state index in [-0.39, 0.29) is 17.9 Å². The fourth-order valence-corrected chi connectivity index (χ4v) is 4.86. The Morgan fingerprint density at radius 3 is 2.72 bits per heavy atom. The van der Waals surface area contributed by atoms with Crippen LogP contribution in [-0.4, -0.2) is 54.0 Å². The van der Waals surface area contributed by atoms with Crippen LogP contribution in [0, 0.1) is 6.92 Å². The van der Waals surface area contributed by atoms with Crippen molar-refractivity contribution < 1.29 is 9.84 Å². The minimum atomic E-state index is -0.712. The van der Waals surface area contributed by atoms with Crippen molar-refractivity contribution >= 4 is 22.5 Å². The molecule has 0 unspecified atom stereocenters. The average Bonchev–Trinajstić information content (AvgIpc) is 3.21. The van der Waals surface area contributed by atoms with E-state index in [1.165, 1.54) is 4.68 Å². The molecule has 3 aliphatic heterocycles. The fraction of sp³-hybridized carbons (Fsp3) is 0.269. The minimum absolute atomic E-state index is 0.220. The van der Waals surface area contributed by atoms with Crippen LogP contribution >= 0.6 is 11.6 Å². The Morgan fingerprint density at radius 2 is 1.97 bits per heavy atom. The van der Waals surface area contributed by atoms with Gasteiger partial charge in [-0.1, -0.05) is 29.8 Å². The number of pyridine rings is 2. The van der Waals surface area contributed by atoms with Crippen LogP contribution in [0.5, 0.6) is 0 Å². The molecule has 182 valence electrons. The van der Waals surface area contributed by atoms with Crippen LogP contribution in [0.4, 0.5) is 0 Å². The van der Waals surface area contributed by atoms with E-state index < -0.39 is 12.1 Å². The lowest BCUT2D eigenvalue weighted by atomic mass is 10.1. The number of aliphatic hydroxyl groups excluding tert-OH is 1. The van der Waals surface area contributed by atoms with Crippen LogP contribution in [-0.2, 0) is 11.3 Å². The standard InChI is InChI=1S/C26H23ClN6O3/c1-15-5-7-17(12-28-15)20-8-6-16(11-29-20)13-32-25-18(3-2-4-19(25)27)23-24(30-32)26(35)33(31-23)21-14-36-10-9-22(21)34/h2-8,11-12,21-22,34H,9-10,13-14H2,1H3/t21-,22-/m0/s1. The van der Waals surface area contributed by atoms with Gasteiger partial charge in [0.05, 0.1) is 35.5 Å². The van der Waals surface area contributed by atoms with Gasteiger partial charge in [0.15, 0.2) is 5.69 Å². The lowest BCUT2D eigenvalue weighted by molar-refractivity contribution is -0.0338. The van der Waals surface area contributed by atoms with Crippen molar-refractivity contribution in [3.63, 3.8) is 0 Å². The summed E-state index contributed by atoms with van der Waals surface area (Å²) < 4.78 is 8.51. The molecule has 9 nitrogen and oxygen atoms in total. The first kappa shape index (κ1) is 22.8. The summed E-state index contributed by atoms with van der Waals surface area (Å²) in [6.07, 6.45) is 3.32. The Hall–Kier alpha value is -3.66. The maximum absolute atomic E-state index is 13.3. The van der Waals surface area contributed by atoms with Crippen LogP contribution in [0.25, 0.3) is 33.5 Å². The number of aryl methyl sites for hydroxylation is 1. The van der Waals surface area contributed by atoms with E-state index in [4.69, 9.17) is 16.3 Å². The zero-order valence-electron chi connectivity index (χ0n) is 19.5. The molecule has 1 saturated heterocycles. The average molecular weight is 503 g/mol. The predicted octanol–water partition coefficient (Wildman–Crippen LogP) is 3.49. The summed E-state index contributed by atoms with van der Waals surface area (Å²) in [6.45, 7) is 2.97. The van der Waals surface area contributed by atoms with Crippen molar-refractivity contribution in [3.05, 3.63) is 81.5 Å². The highest BCUT2D eigenvalue weighted by molar-refractivity contribution is 6.35. The van der Waals surface area contributed by atoms with E-state index in [0.29, 0.717) is 41.2 Å². The molecule has 0 amide bonds. The van der Waals surface area contributed by atoms with Gasteiger partial charge in [-0.05, 0) is 43.2 Å². The largest absolute Gasteiger partial charge is 0.391 e. The molecule has 0 saturated carbocycles. The van der Waals surface area contributed by atoms with Gasteiger partial charge in [0.2, 0.25) is 0 Å². The molecule has 0 radical (unpaired) electrons. The molecule has 0 spiro atoms. The zero-order valence-corrected chi connectivity index (χ0v) is 20.3. The van der Waals surface area contributed by atoms with Gasteiger partial charge in [0.25, 0.3) is 5.56 Å². The van der Waals surface area contributed by atoms with Crippen LogP contribution in [0.2, 0.25) is 5.02 Å². The van der Waals surface area contributed by atoms with Gasteiger partial charge in [-0.25, -0.2) is 4.68 Å². The lowest BCUT2D eigenvalue weighted by Crippen LogP contribution is -2.38. The topological polar surface area (TPSA) is 108 Å². The second-order valence-corrected chi connectivity index (χ2v) is 9.39. The highest BCUT2D eigenvalue weighted by Crippen LogP contribution is 2.32. The maximum Gasteiger partial charge on any atom is 0.297 e. The second-order valence-electron chi connectivity index (χ2n) is 8.98. The van der Waals surface area contributed by atoms with Crippen molar-refractivity contribution in [3.8, 4) is 22.6 Å². The van der Waals surface area contributed by atoms with Gasteiger partial charge in [-0.3, -0.25) is 19.4 Å². The number of rotatable bonds is 4. The van der Waals surface area contributed by atoms with E-state index >= 15 is 0 Å². The number of aromatic nitrogens is 6. The van der Waals surface area contributed by atoms with Gasteiger partial charge in [-0.15, -0.1) is 0 Å². The minimum Gasteiger partial charge on any atom is -0.391 e. The number of para-hydroxylation sites is 1. The summed E-state index contributed by atoms with van der Waals surface area (Å²) in [5, 5.41) is 20.9. The summed E-state index contributed by atoms with van der Waals surface area (Å²) >= 11 is 6.61. The first-order chi connectivity index (χ1) is 17.5. The third kappa shape index (κ3) is 3.95. The van der Waals surface area contributed by atoms with E-state index in [0.717, 1.165) is 22.5 Å². The Morgan fingerprint density at radius 1 is 1.08 bits per heavy atom. The highest BCUT2D eigenvalue weighted by Gasteiger charge is 2.32. The maximum atomic E-state index is 13.3. The molecule has 2 aromatic heterocycles. The molecule has 1 aromatic carbocycles. The first-order valence-corrected chi connectivity index (χ1v) is 12.1. The predicted molar refractivity (Wildman–Crippen MR) is 135 cm³/mol. The van der Waals surface area contributed by atoms with Crippen LogP contribution < -0.4 is 5.56 Å². The third-order valence-electron chi connectivity index (χ3n) is 6.53. The van der Waals surface area contributed by atoms with E-state index in [1.54, 1.807) is 23.1 Å². The molecule has 1 N–H and O–H groups in total. The number of hydrogen-bond donors (Lipinski definition) is 1. The summed E-state index contributed by atoms with van der Waals surface area (Å²) in [7, 11) is 0. The van der Waals surface area contributed by atoms with Gasteiger partial charge in [0.1, 0.15) is 11.7 Å². The molecule has 3 aliphatic rings. The normalized spacial score (nSPS) is 18.2. The quantitative estimate of drug-likeness (QED) is 0.400. The molecular weight excluding hydrogens is 480 g/mol. The molecular formula is C26H23ClN6O3. The number of nitrogens with zero attached hydrogens (tertiary/aromatic N) is 6. The van der Waals surface area contributed by atoms with E-state index in [2.05, 4.69) is 20.2 Å².